The molecule has 2 aromatic carbocycles. The highest BCUT2D eigenvalue weighted by molar-refractivity contribution is 5.68. The predicted octanol–water partition coefficient (Wildman–Crippen LogP) is 4.63. The molecule has 0 atom stereocenters. The fourth-order valence-electron chi connectivity index (χ4n) is 3.90. The summed E-state index contributed by atoms with van der Waals surface area (Å²) in [6, 6.07) is 21.4. The van der Waals surface area contributed by atoms with Crippen LogP contribution in [0.1, 0.15) is 38.3 Å². The highest BCUT2D eigenvalue weighted by atomic mass is 16.6. The highest BCUT2D eigenvalue weighted by Gasteiger charge is 2.25. The van der Waals surface area contributed by atoms with E-state index in [4.69, 9.17) is 4.74 Å². The normalized spacial score (nSPS) is 15.3. The maximum atomic E-state index is 12.2. The molecular weight excluding hydrogens is 386 g/mol. The molecule has 2 aromatic rings. The third-order valence-corrected chi connectivity index (χ3v) is 5.47. The van der Waals surface area contributed by atoms with Crippen molar-refractivity contribution in [1.29, 1.82) is 0 Å². The van der Waals surface area contributed by atoms with Crippen molar-refractivity contribution < 1.29 is 9.53 Å². The first kappa shape index (κ1) is 23.3. The molecule has 0 bridgehead atoms. The number of piperazine rings is 1. The second-order valence-corrected chi connectivity index (χ2v) is 9.34. The van der Waals surface area contributed by atoms with Crippen molar-refractivity contribution in [3.8, 4) is 0 Å². The van der Waals surface area contributed by atoms with Gasteiger partial charge in [0.15, 0.2) is 0 Å². The van der Waals surface area contributed by atoms with Gasteiger partial charge in [-0.05, 0) is 44.9 Å². The van der Waals surface area contributed by atoms with E-state index < -0.39 is 5.60 Å². The van der Waals surface area contributed by atoms with Crippen molar-refractivity contribution in [2.24, 2.45) is 0 Å². The summed E-state index contributed by atoms with van der Waals surface area (Å²) in [6.07, 6.45) is 0.926. The first-order valence-electron chi connectivity index (χ1n) is 11.4. The van der Waals surface area contributed by atoms with E-state index in [1.807, 2.05) is 25.7 Å². The van der Waals surface area contributed by atoms with Crippen LogP contribution in [0, 0.1) is 0 Å². The number of amides is 1. The molecule has 0 saturated carbocycles. The summed E-state index contributed by atoms with van der Waals surface area (Å²) in [7, 11) is 0. The molecule has 0 aromatic heterocycles. The molecule has 1 fully saturated rings. The lowest BCUT2D eigenvalue weighted by molar-refractivity contribution is 0.0142. The molecule has 5 nitrogen and oxygen atoms in total. The van der Waals surface area contributed by atoms with Gasteiger partial charge in [0.2, 0.25) is 0 Å². The third kappa shape index (κ3) is 8.35. The fourth-order valence-corrected chi connectivity index (χ4v) is 3.90. The number of nitrogens with zero attached hydrogens (tertiary/aromatic N) is 3. The van der Waals surface area contributed by atoms with Gasteiger partial charge < -0.3 is 9.64 Å². The van der Waals surface area contributed by atoms with Gasteiger partial charge in [0.1, 0.15) is 5.60 Å². The van der Waals surface area contributed by atoms with Crippen molar-refractivity contribution >= 4 is 6.09 Å². The Labute approximate surface area is 187 Å². The summed E-state index contributed by atoms with van der Waals surface area (Å²) in [5.41, 5.74) is 2.27. The van der Waals surface area contributed by atoms with Crippen molar-refractivity contribution in [1.82, 2.24) is 14.7 Å². The lowest BCUT2D eigenvalue weighted by Gasteiger charge is -2.36. The van der Waals surface area contributed by atoms with E-state index >= 15 is 0 Å². The van der Waals surface area contributed by atoms with Crippen LogP contribution >= 0.6 is 0 Å². The highest BCUT2D eigenvalue weighted by Crippen LogP contribution is 2.13. The van der Waals surface area contributed by atoms with Gasteiger partial charge in [0.05, 0.1) is 0 Å². The van der Waals surface area contributed by atoms with Crippen LogP contribution in [0.25, 0.3) is 0 Å². The number of carbonyl (C=O) groups is 1. The van der Waals surface area contributed by atoms with Gasteiger partial charge >= 0.3 is 6.09 Å². The zero-order chi connectivity index (χ0) is 22.1. The van der Waals surface area contributed by atoms with E-state index in [0.29, 0.717) is 0 Å². The summed E-state index contributed by atoms with van der Waals surface area (Å²) >= 11 is 0. The third-order valence-electron chi connectivity index (χ3n) is 5.47. The van der Waals surface area contributed by atoms with Gasteiger partial charge in [-0.3, -0.25) is 9.80 Å². The minimum atomic E-state index is -0.435. The molecule has 1 saturated heterocycles. The molecule has 1 amide bonds. The number of benzene rings is 2. The molecule has 5 heteroatoms. The van der Waals surface area contributed by atoms with Gasteiger partial charge in [-0.2, -0.15) is 0 Å². The fraction of sp³-hybridized carbons (Fsp3) is 0.500. The summed E-state index contributed by atoms with van der Waals surface area (Å²) < 4.78 is 5.50. The molecule has 0 aliphatic carbocycles. The zero-order valence-corrected chi connectivity index (χ0v) is 19.3. The van der Waals surface area contributed by atoms with Crippen molar-refractivity contribution in [3.63, 3.8) is 0 Å². The average molecular weight is 424 g/mol. The second-order valence-electron chi connectivity index (χ2n) is 9.34. The molecule has 0 unspecified atom stereocenters. The van der Waals surface area contributed by atoms with Crippen LogP contribution in [0.15, 0.2) is 60.7 Å². The SMILES string of the molecule is CC(C)(C)OC(=O)N1CCN(CCCN(Cc2ccccc2)Cc2ccccc2)CC1. The Morgan fingerprint density at radius 1 is 0.871 bits per heavy atom. The summed E-state index contributed by atoms with van der Waals surface area (Å²) in [6.45, 7) is 13.1. The summed E-state index contributed by atoms with van der Waals surface area (Å²) in [5, 5.41) is 0. The lowest BCUT2D eigenvalue weighted by atomic mass is 10.1. The summed E-state index contributed by atoms with van der Waals surface area (Å²) in [5.74, 6) is 0. The smallest absolute Gasteiger partial charge is 0.410 e. The topological polar surface area (TPSA) is 36.0 Å². The van der Waals surface area contributed by atoms with Gasteiger partial charge in [0.25, 0.3) is 0 Å². The molecule has 168 valence electrons. The Morgan fingerprint density at radius 3 is 1.87 bits per heavy atom. The van der Waals surface area contributed by atoms with E-state index in [1.54, 1.807) is 0 Å². The molecule has 1 heterocycles. The number of ether oxygens (including phenoxy) is 1. The minimum absolute atomic E-state index is 0.191. The molecule has 1 aliphatic rings. The van der Waals surface area contributed by atoms with Gasteiger partial charge in [-0.25, -0.2) is 4.79 Å². The van der Waals surface area contributed by atoms with Crippen molar-refractivity contribution in [2.45, 2.75) is 45.9 Å². The Kier molecular flexibility index (Phi) is 8.50. The van der Waals surface area contributed by atoms with Crippen molar-refractivity contribution in [3.05, 3.63) is 71.8 Å². The Morgan fingerprint density at radius 2 is 1.39 bits per heavy atom. The number of carbonyl (C=O) groups excluding carboxylic acids is 1. The average Bonchev–Trinajstić information content (AvgIpc) is 2.74. The Hall–Kier alpha value is -2.37. The van der Waals surface area contributed by atoms with E-state index in [9.17, 15) is 4.79 Å². The minimum Gasteiger partial charge on any atom is -0.444 e. The van der Waals surface area contributed by atoms with Gasteiger partial charge in [0, 0.05) is 45.8 Å². The Bertz CT molecular complexity index is 740. The molecule has 0 spiro atoms. The Balaban J connectivity index is 1.45. The van der Waals surface area contributed by atoms with E-state index in [2.05, 4.69) is 70.5 Å². The number of rotatable bonds is 8. The van der Waals surface area contributed by atoms with Gasteiger partial charge in [-0.15, -0.1) is 0 Å². The summed E-state index contributed by atoms with van der Waals surface area (Å²) in [4.78, 5) is 19.1. The van der Waals surface area contributed by atoms with Crippen LogP contribution in [0.3, 0.4) is 0 Å². The van der Waals surface area contributed by atoms with E-state index in [1.165, 1.54) is 11.1 Å². The van der Waals surface area contributed by atoms with E-state index in [-0.39, 0.29) is 6.09 Å². The van der Waals surface area contributed by atoms with Gasteiger partial charge in [-0.1, -0.05) is 60.7 Å². The first-order valence-corrected chi connectivity index (χ1v) is 11.4. The molecule has 3 rings (SSSR count). The quantitative estimate of drug-likeness (QED) is 0.620. The van der Waals surface area contributed by atoms with Crippen LogP contribution in [-0.4, -0.2) is 65.7 Å². The second kappa shape index (κ2) is 11.3. The van der Waals surface area contributed by atoms with Crippen LogP contribution in [0.4, 0.5) is 4.79 Å². The maximum Gasteiger partial charge on any atom is 0.410 e. The van der Waals surface area contributed by atoms with Crippen LogP contribution in [-0.2, 0) is 17.8 Å². The number of hydrogen-bond acceptors (Lipinski definition) is 4. The maximum absolute atomic E-state index is 12.2. The lowest BCUT2D eigenvalue weighted by Crippen LogP contribution is -2.50. The molecular formula is C26H37N3O2. The predicted molar refractivity (Wildman–Crippen MR) is 126 cm³/mol. The van der Waals surface area contributed by atoms with Crippen LogP contribution in [0.2, 0.25) is 0 Å². The molecule has 0 N–H and O–H groups in total. The number of hydrogen-bond donors (Lipinski definition) is 0. The molecule has 0 radical (unpaired) electrons. The van der Waals surface area contributed by atoms with Crippen LogP contribution < -0.4 is 0 Å². The largest absolute Gasteiger partial charge is 0.444 e. The zero-order valence-electron chi connectivity index (χ0n) is 19.3. The van der Waals surface area contributed by atoms with Crippen molar-refractivity contribution in [2.75, 3.05) is 39.3 Å². The first-order chi connectivity index (χ1) is 14.9. The molecule has 31 heavy (non-hydrogen) atoms. The monoisotopic (exact) mass is 423 g/mol. The standard InChI is InChI=1S/C26H37N3O2/c1-26(2,3)31-25(30)29-19-17-27(18-20-29)15-10-16-28(21-23-11-6-4-7-12-23)22-24-13-8-5-9-14-24/h4-9,11-14H,10,15-22H2,1-3H3. The van der Waals surface area contributed by atoms with E-state index in [0.717, 1.165) is 58.8 Å². The van der Waals surface area contributed by atoms with Crippen LogP contribution in [0.5, 0.6) is 0 Å². The molecule has 1 aliphatic heterocycles.